The molecule has 2 aromatic rings. The topological polar surface area (TPSA) is 64.0 Å². The van der Waals surface area contributed by atoms with Gasteiger partial charge in [0.2, 0.25) is 0 Å². The largest absolute Gasteiger partial charge is 0.348 e. The Hall–Kier alpha value is -2.50. The van der Waals surface area contributed by atoms with Crippen LogP contribution in [0.15, 0.2) is 35.1 Å². The van der Waals surface area contributed by atoms with E-state index in [1.54, 1.807) is 6.07 Å². The van der Waals surface area contributed by atoms with Gasteiger partial charge in [0.05, 0.1) is 12.2 Å². The van der Waals surface area contributed by atoms with E-state index in [1.807, 2.05) is 6.92 Å². The van der Waals surface area contributed by atoms with Crippen LogP contribution in [0, 0.1) is 5.82 Å². The molecule has 1 N–H and O–H groups in total. The summed E-state index contributed by atoms with van der Waals surface area (Å²) in [5.74, 6) is -0.680. The monoisotopic (exact) mass is 343 g/mol. The second kappa shape index (κ2) is 7.59. The molecule has 0 saturated carbocycles. The Kier molecular flexibility index (Phi) is 5.26. The molecule has 6 heteroatoms. The maximum Gasteiger partial charge on any atom is 0.267 e. The van der Waals surface area contributed by atoms with Crippen molar-refractivity contribution in [1.29, 1.82) is 0 Å². The van der Waals surface area contributed by atoms with Crippen LogP contribution in [-0.4, -0.2) is 21.7 Å². The number of aryl methyl sites for hydroxylation is 2. The third-order valence-corrected chi connectivity index (χ3v) is 4.45. The average molecular weight is 343 g/mol. The maximum atomic E-state index is 12.9. The molecule has 1 aromatic heterocycles. The summed E-state index contributed by atoms with van der Waals surface area (Å²) < 4.78 is 14.4. The molecule has 0 saturated heterocycles. The van der Waals surface area contributed by atoms with Crippen molar-refractivity contribution in [2.75, 3.05) is 0 Å². The smallest absolute Gasteiger partial charge is 0.267 e. The molecule has 1 aliphatic rings. The molecule has 132 valence electrons. The second-order valence-electron chi connectivity index (χ2n) is 6.58. The molecule has 1 aromatic carbocycles. The first-order chi connectivity index (χ1) is 12.0. The molecule has 0 unspecified atom stereocenters. The minimum Gasteiger partial charge on any atom is -0.348 e. The van der Waals surface area contributed by atoms with Crippen molar-refractivity contribution < 1.29 is 9.18 Å². The van der Waals surface area contributed by atoms with Gasteiger partial charge in [0, 0.05) is 17.7 Å². The number of rotatable bonds is 4. The highest BCUT2D eigenvalue weighted by atomic mass is 19.1. The van der Waals surface area contributed by atoms with Gasteiger partial charge in [-0.1, -0.05) is 6.42 Å². The Labute approximate surface area is 145 Å². The molecule has 1 atom stereocenters. The summed E-state index contributed by atoms with van der Waals surface area (Å²) in [4.78, 5) is 24.5. The van der Waals surface area contributed by atoms with Crippen LogP contribution in [0.1, 0.15) is 47.8 Å². The number of carbonyl (C=O) groups excluding carboxylic acids is 1. The van der Waals surface area contributed by atoms with Gasteiger partial charge in [-0.3, -0.25) is 9.59 Å². The van der Waals surface area contributed by atoms with Gasteiger partial charge in [-0.2, -0.15) is 5.10 Å². The molecule has 1 heterocycles. The normalized spacial score (nSPS) is 15.1. The van der Waals surface area contributed by atoms with Crippen molar-refractivity contribution in [1.82, 2.24) is 15.1 Å². The summed E-state index contributed by atoms with van der Waals surface area (Å²) in [6, 6.07) is 6.78. The van der Waals surface area contributed by atoms with E-state index in [2.05, 4.69) is 10.4 Å². The lowest BCUT2D eigenvalue weighted by atomic mass is 10.1. The highest BCUT2D eigenvalue weighted by Crippen LogP contribution is 2.16. The number of nitrogens with one attached hydrogen (secondary N) is 1. The summed E-state index contributed by atoms with van der Waals surface area (Å²) in [5, 5.41) is 7.33. The van der Waals surface area contributed by atoms with Crippen molar-refractivity contribution >= 4 is 5.91 Å². The molecule has 1 aliphatic carbocycles. The molecule has 0 bridgehead atoms. The number of carbonyl (C=O) groups is 1. The first kappa shape index (κ1) is 17.3. The standard InChI is InChI=1S/C19H22FN3O2/c1-13(21-19(25)14-7-9-16(20)10-8-14)12-23-18(24)11-15-5-3-2-4-6-17(15)22-23/h7-11,13H,2-6,12H2,1H3,(H,21,25)/t13-/m1/s1. The van der Waals surface area contributed by atoms with E-state index in [9.17, 15) is 14.0 Å². The van der Waals surface area contributed by atoms with Gasteiger partial charge in [0.15, 0.2) is 0 Å². The first-order valence-electron chi connectivity index (χ1n) is 8.69. The molecule has 3 rings (SSSR count). The Morgan fingerprint density at radius 2 is 1.96 bits per heavy atom. The third-order valence-electron chi connectivity index (χ3n) is 4.45. The summed E-state index contributed by atoms with van der Waals surface area (Å²) in [5.41, 5.74) is 2.30. The lowest BCUT2D eigenvalue weighted by Crippen LogP contribution is -2.39. The highest BCUT2D eigenvalue weighted by molar-refractivity contribution is 5.94. The summed E-state index contributed by atoms with van der Waals surface area (Å²) >= 11 is 0. The number of amides is 1. The van der Waals surface area contributed by atoms with Crippen LogP contribution in [-0.2, 0) is 19.4 Å². The minimum atomic E-state index is -0.384. The SMILES string of the molecule is C[C@H](Cn1nc2c(cc1=O)CCCCC2)NC(=O)c1ccc(F)cc1. The number of hydrogen-bond acceptors (Lipinski definition) is 3. The van der Waals surface area contributed by atoms with Crippen molar-refractivity contribution in [3.8, 4) is 0 Å². The molecule has 0 spiro atoms. The van der Waals surface area contributed by atoms with Crippen molar-refractivity contribution in [2.45, 2.75) is 51.6 Å². The Balaban J connectivity index is 1.69. The number of halogens is 1. The summed E-state index contributed by atoms with van der Waals surface area (Å²) in [6.45, 7) is 2.13. The van der Waals surface area contributed by atoms with E-state index in [4.69, 9.17) is 0 Å². The van der Waals surface area contributed by atoms with E-state index >= 15 is 0 Å². The number of benzene rings is 1. The number of fused-ring (bicyclic) bond motifs is 1. The van der Waals surface area contributed by atoms with Gasteiger partial charge in [-0.25, -0.2) is 9.07 Å². The zero-order valence-corrected chi connectivity index (χ0v) is 14.3. The Bertz CT molecular complexity index is 814. The van der Waals surface area contributed by atoms with E-state index in [0.717, 1.165) is 43.4 Å². The van der Waals surface area contributed by atoms with Crippen LogP contribution in [0.3, 0.4) is 0 Å². The molecule has 1 amide bonds. The van der Waals surface area contributed by atoms with Crippen LogP contribution in [0.25, 0.3) is 0 Å². The number of aromatic nitrogens is 2. The molecular weight excluding hydrogens is 321 g/mol. The average Bonchev–Trinajstić information content (AvgIpc) is 2.80. The van der Waals surface area contributed by atoms with E-state index < -0.39 is 0 Å². The highest BCUT2D eigenvalue weighted by Gasteiger charge is 2.15. The maximum absolute atomic E-state index is 12.9. The molecule has 5 nitrogen and oxygen atoms in total. The van der Waals surface area contributed by atoms with Gasteiger partial charge in [0.25, 0.3) is 11.5 Å². The Morgan fingerprint density at radius 3 is 2.72 bits per heavy atom. The van der Waals surface area contributed by atoms with Crippen LogP contribution in [0.2, 0.25) is 0 Å². The van der Waals surface area contributed by atoms with Crippen LogP contribution in [0.4, 0.5) is 4.39 Å². The first-order valence-corrected chi connectivity index (χ1v) is 8.69. The fourth-order valence-corrected chi connectivity index (χ4v) is 3.12. The van der Waals surface area contributed by atoms with Gasteiger partial charge >= 0.3 is 0 Å². The zero-order chi connectivity index (χ0) is 17.8. The minimum absolute atomic E-state index is 0.136. The van der Waals surface area contributed by atoms with E-state index in [1.165, 1.54) is 28.9 Å². The number of nitrogens with zero attached hydrogens (tertiary/aromatic N) is 2. The fraction of sp³-hybridized carbons (Fsp3) is 0.421. The Morgan fingerprint density at radius 1 is 1.24 bits per heavy atom. The molecular formula is C19H22FN3O2. The van der Waals surface area contributed by atoms with Gasteiger partial charge in [0.1, 0.15) is 5.82 Å². The molecule has 25 heavy (non-hydrogen) atoms. The molecule has 0 fully saturated rings. The van der Waals surface area contributed by atoms with Crippen LogP contribution < -0.4 is 10.9 Å². The quantitative estimate of drug-likeness (QED) is 0.868. The predicted molar refractivity (Wildman–Crippen MR) is 93.1 cm³/mol. The van der Waals surface area contributed by atoms with Gasteiger partial charge in [-0.15, -0.1) is 0 Å². The van der Waals surface area contributed by atoms with Crippen molar-refractivity contribution in [3.63, 3.8) is 0 Å². The van der Waals surface area contributed by atoms with Crippen LogP contribution in [0.5, 0.6) is 0 Å². The summed E-state index contributed by atoms with van der Waals surface area (Å²) in [6.07, 6.45) is 5.16. The molecule has 0 aliphatic heterocycles. The third kappa shape index (κ3) is 4.32. The summed E-state index contributed by atoms with van der Waals surface area (Å²) in [7, 11) is 0. The lowest BCUT2D eigenvalue weighted by Gasteiger charge is -2.16. The second-order valence-corrected chi connectivity index (χ2v) is 6.58. The van der Waals surface area contributed by atoms with E-state index in [-0.39, 0.29) is 23.3 Å². The predicted octanol–water partition coefficient (Wildman–Crippen LogP) is 2.47. The fourth-order valence-electron chi connectivity index (χ4n) is 3.12. The van der Waals surface area contributed by atoms with Crippen molar-refractivity contribution in [3.05, 3.63) is 63.3 Å². The lowest BCUT2D eigenvalue weighted by molar-refractivity contribution is 0.0935. The van der Waals surface area contributed by atoms with E-state index in [0.29, 0.717) is 12.1 Å². The van der Waals surface area contributed by atoms with Crippen molar-refractivity contribution in [2.24, 2.45) is 0 Å². The van der Waals surface area contributed by atoms with Gasteiger partial charge in [-0.05, 0) is 62.4 Å². The zero-order valence-electron chi connectivity index (χ0n) is 14.3. The number of hydrogen-bond donors (Lipinski definition) is 1. The van der Waals surface area contributed by atoms with Crippen LogP contribution >= 0.6 is 0 Å². The van der Waals surface area contributed by atoms with Gasteiger partial charge < -0.3 is 5.32 Å². The molecule has 0 radical (unpaired) electrons.